The lowest BCUT2D eigenvalue weighted by molar-refractivity contribution is -0.129. The molecule has 0 fully saturated rings. The molecule has 1 heterocycles. The monoisotopic (exact) mass is 305 g/mol. The predicted octanol–water partition coefficient (Wildman–Crippen LogP) is 2.89. The van der Waals surface area contributed by atoms with Gasteiger partial charge in [-0.2, -0.15) is 5.10 Å². The molecule has 0 aliphatic rings. The molecule has 0 aliphatic heterocycles. The summed E-state index contributed by atoms with van der Waals surface area (Å²) in [7, 11) is 3.70. The van der Waals surface area contributed by atoms with Crippen molar-refractivity contribution in [3.63, 3.8) is 0 Å². The summed E-state index contributed by atoms with van der Waals surface area (Å²) in [4.78, 5) is 14.1. The van der Waals surface area contributed by atoms with Gasteiger partial charge in [0.2, 0.25) is 5.91 Å². The van der Waals surface area contributed by atoms with Crippen LogP contribution in [0.25, 0.3) is 0 Å². The van der Waals surface area contributed by atoms with E-state index < -0.39 is 0 Å². The molecule has 4 nitrogen and oxygen atoms in total. The summed E-state index contributed by atoms with van der Waals surface area (Å²) in [5, 5.41) is 5.03. The highest BCUT2D eigenvalue weighted by atomic mass is 35.5. The maximum atomic E-state index is 12.4. The van der Waals surface area contributed by atoms with Gasteiger partial charge in [-0.3, -0.25) is 9.48 Å². The third-order valence-corrected chi connectivity index (χ3v) is 3.96. The van der Waals surface area contributed by atoms with Crippen molar-refractivity contribution in [1.82, 2.24) is 14.7 Å². The number of hydrogen-bond donors (Lipinski definition) is 0. The van der Waals surface area contributed by atoms with E-state index in [1.165, 1.54) is 0 Å². The van der Waals surface area contributed by atoms with Gasteiger partial charge in [0.15, 0.2) is 0 Å². The van der Waals surface area contributed by atoms with Crippen LogP contribution in [0.5, 0.6) is 0 Å². The van der Waals surface area contributed by atoms with Crippen molar-refractivity contribution in [3.05, 3.63) is 51.8 Å². The van der Waals surface area contributed by atoms with Gasteiger partial charge in [-0.05, 0) is 31.5 Å². The first-order chi connectivity index (χ1) is 9.88. The van der Waals surface area contributed by atoms with Gasteiger partial charge >= 0.3 is 0 Å². The fraction of sp³-hybridized carbons (Fsp3) is 0.375. The highest BCUT2D eigenvalue weighted by Gasteiger charge is 2.16. The van der Waals surface area contributed by atoms with E-state index in [0.717, 1.165) is 22.5 Å². The number of hydrogen-bond acceptors (Lipinski definition) is 2. The summed E-state index contributed by atoms with van der Waals surface area (Å²) in [5.74, 6) is 0.0779. The first-order valence-electron chi connectivity index (χ1n) is 6.86. The lowest BCUT2D eigenvalue weighted by Gasteiger charge is -2.17. The van der Waals surface area contributed by atoms with E-state index in [9.17, 15) is 4.79 Å². The summed E-state index contributed by atoms with van der Waals surface area (Å²) < 4.78 is 1.81. The van der Waals surface area contributed by atoms with E-state index in [1.807, 2.05) is 56.9 Å². The van der Waals surface area contributed by atoms with Crippen LogP contribution in [-0.4, -0.2) is 27.6 Å². The first kappa shape index (κ1) is 15.6. The molecule has 1 aromatic heterocycles. The van der Waals surface area contributed by atoms with Crippen LogP contribution in [-0.2, 0) is 24.8 Å². The van der Waals surface area contributed by atoms with E-state index in [0.29, 0.717) is 18.0 Å². The Balaban J connectivity index is 2.06. The molecule has 0 saturated carbocycles. The molecule has 1 amide bonds. The molecule has 0 aliphatic carbocycles. The number of nitrogens with zero attached hydrogens (tertiary/aromatic N) is 3. The van der Waals surface area contributed by atoms with Gasteiger partial charge in [0.05, 0.1) is 12.1 Å². The Morgan fingerprint density at radius 3 is 2.67 bits per heavy atom. The second-order valence-corrected chi connectivity index (χ2v) is 5.77. The molecule has 21 heavy (non-hydrogen) atoms. The van der Waals surface area contributed by atoms with Crippen LogP contribution in [0.1, 0.15) is 22.5 Å². The predicted molar refractivity (Wildman–Crippen MR) is 84.3 cm³/mol. The first-order valence-corrected chi connectivity index (χ1v) is 7.23. The SMILES string of the molecule is Cc1nn(C)c(C)c1CC(=O)N(C)Cc1cccc(Cl)c1. The zero-order valence-electron chi connectivity index (χ0n) is 12.9. The van der Waals surface area contributed by atoms with E-state index in [2.05, 4.69) is 5.10 Å². The molecule has 0 atom stereocenters. The number of benzene rings is 1. The Morgan fingerprint density at radius 2 is 2.10 bits per heavy atom. The minimum absolute atomic E-state index is 0.0779. The Hall–Kier alpha value is -1.81. The number of carbonyl (C=O) groups is 1. The minimum atomic E-state index is 0.0779. The molecule has 0 spiro atoms. The number of halogens is 1. The average molecular weight is 306 g/mol. The average Bonchev–Trinajstić information content (AvgIpc) is 2.65. The largest absolute Gasteiger partial charge is 0.341 e. The quantitative estimate of drug-likeness (QED) is 0.871. The molecule has 2 aromatic rings. The number of aryl methyl sites for hydroxylation is 2. The van der Waals surface area contributed by atoms with Crippen molar-refractivity contribution in [3.8, 4) is 0 Å². The highest BCUT2D eigenvalue weighted by Crippen LogP contribution is 2.15. The van der Waals surface area contributed by atoms with Crippen molar-refractivity contribution < 1.29 is 4.79 Å². The molecule has 0 unspecified atom stereocenters. The van der Waals surface area contributed by atoms with Crippen LogP contribution in [0.3, 0.4) is 0 Å². The Bertz CT molecular complexity index is 664. The number of aromatic nitrogens is 2. The van der Waals surface area contributed by atoms with Crippen molar-refractivity contribution in [1.29, 1.82) is 0 Å². The maximum absolute atomic E-state index is 12.4. The Kier molecular flexibility index (Phi) is 4.68. The van der Waals surface area contributed by atoms with Gasteiger partial charge in [0, 0.05) is 36.9 Å². The van der Waals surface area contributed by atoms with Gasteiger partial charge in [-0.25, -0.2) is 0 Å². The number of likely N-dealkylation sites (N-methyl/N-ethyl adjacent to an activating group) is 1. The Labute approximate surface area is 130 Å². The normalized spacial score (nSPS) is 10.7. The van der Waals surface area contributed by atoms with Crippen molar-refractivity contribution in [2.45, 2.75) is 26.8 Å². The number of amides is 1. The van der Waals surface area contributed by atoms with Crippen LogP contribution in [0.15, 0.2) is 24.3 Å². The Morgan fingerprint density at radius 1 is 1.38 bits per heavy atom. The topological polar surface area (TPSA) is 38.1 Å². The second kappa shape index (κ2) is 6.31. The summed E-state index contributed by atoms with van der Waals surface area (Å²) >= 11 is 5.97. The lowest BCUT2D eigenvalue weighted by Crippen LogP contribution is -2.28. The van der Waals surface area contributed by atoms with Gasteiger partial charge in [0.25, 0.3) is 0 Å². The number of rotatable bonds is 4. The summed E-state index contributed by atoms with van der Waals surface area (Å²) in [6.45, 7) is 4.48. The van der Waals surface area contributed by atoms with Crippen LogP contribution >= 0.6 is 11.6 Å². The molecular formula is C16H20ClN3O. The molecule has 5 heteroatoms. The molecule has 0 radical (unpaired) electrons. The van der Waals surface area contributed by atoms with E-state index in [-0.39, 0.29) is 5.91 Å². The summed E-state index contributed by atoms with van der Waals surface area (Å²) in [5.41, 5.74) is 4.00. The third kappa shape index (κ3) is 3.64. The van der Waals surface area contributed by atoms with E-state index in [1.54, 1.807) is 4.90 Å². The van der Waals surface area contributed by atoms with Crippen LogP contribution in [0.2, 0.25) is 5.02 Å². The van der Waals surface area contributed by atoms with Gasteiger partial charge in [-0.15, -0.1) is 0 Å². The maximum Gasteiger partial charge on any atom is 0.227 e. The summed E-state index contributed by atoms with van der Waals surface area (Å²) in [6.07, 6.45) is 0.378. The van der Waals surface area contributed by atoms with Gasteiger partial charge in [0.1, 0.15) is 0 Å². The van der Waals surface area contributed by atoms with Gasteiger partial charge < -0.3 is 4.90 Å². The molecule has 0 saturated heterocycles. The zero-order chi connectivity index (χ0) is 15.6. The molecule has 0 bridgehead atoms. The smallest absolute Gasteiger partial charge is 0.227 e. The fourth-order valence-electron chi connectivity index (χ4n) is 2.36. The van der Waals surface area contributed by atoms with E-state index >= 15 is 0 Å². The summed E-state index contributed by atoms with van der Waals surface area (Å²) in [6, 6.07) is 7.57. The van der Waals surface area contributed by atoms with Crippen molar-refractivity contribution in [2.75, 3.05) is 7.05 Å². The standard InChI is InChI=1S/C16H20ClN3O/c1-11-15(12(2)20(4)18-11)9-16(21)19(3)10-13-6-5-7-14(17)8-13/h5-8H,9-10H2,1-4H3. The lowest BCUT2D eigenvalue weighted by atomic mass is 10.1. The molecular weight excluding hydrogens is 286 g/mol. The van der Waals surface area contributed by atoms with Crippen LogP contribution in [0, 0.1) is 13.8 Å². The molecule has 2 rings (SSSR count). The highest BCUT2D eigenvalue weighted by molar-refractivity contribution is 6.30. The van der Waals surface area contributed by atoms with Crippen LogP contribution < -0.4 is 0 Å². The zero-order valence-corrected chi connectivity index (χ0v) is 13.6. The van der Waals surface area contributed by atoms with Crippen molar-refractivity contribution >= 4 is 17.5 Å². The van der Waals surface area contributed by atoms with E-state index in [4.69, 9.17) is 11.6 Å². The molecule has 0 N–H and O–H groups in total. The second-order valence-electron chi connectivity index (χ2n) is 5.33. The fourth-order valence-corrected chi connectivity index (χ4v) is 2.57. The molecule has 112 valence electrons. The van der Waals surface area contributed by atoms with Crippen molar-refractivity contribution in [2.24, 2.45) is 7.05 Å². The minimum Gasteiger partial charge on any atom is -0.341 e. The van der Waals surface area contributed by atoms with Gasteiger partial charge in [-0.1, -0.05) is 23.7 Å². The molecule has 1 aromatic carbocycles. The number of carbonyl (C=O) groups excluding carboxylic acids is 1. The third-order valence-electron chi connectivity index (χ3n) is 3.72. The van der Waals surface area contributed by atoms with Crippen LogP contribution in [0.4, 0.5) is 0 Å².